The maximum absolute atomic E-state index is 9.56. The summed E-state index contributed by atoms with van der Waals surface area (Å²) >= 11 is 0. The fourth-order valence-electron chi connectivity index (χ4n) is 6.06. The van der Waals surface area contributed by atoms with Crippen molar-refractivity contribution >= 4 is 49.8 Å². The Morgan fingerprint density at radius 3 is 1.62 bits per heavy atom. The second-order valence-electron chi connectivity index (χ2n) is 11.2. The highest BCUT2D eigenvalue weighted by atomic mass is 16.3. The first kappa shape index (κ1) is 18.1. The molecule has 226 valence electrons. The molecule has 0 amide bonds. The standard InChI is InChI=1S/C46H31NO/c1-3-12-32(13-4-1)34-22-26-38(27-23-34)47(39-28-24-35(25-29-39)33-14-5-2-6-15-33)43-20-10-9-18-40(43)41-19-11-21-44-46(41)42-30-36-16-7-8-17-37(36)31-45(42)48-44/h1-31H/i9D,10D,18D,20D,22D,23D,24D,25D,26D,27D,28D,29D. The largest absolute Gasteiger partial charge is 0.456 e. The lowest BCUT2D eigenvalue weighted by Gasteiger charge is -2.28. The molecule has 0 aliphatic carbocycles. The zero-order valence-corrected chi connectivity index (χ0v) is 25.3. The van der Waals surface area contributed by atoms with E-state index < -0.39 is 89.6 Å². The molecule has 9 rings (SSSR count). The Bertz CT molecular complexity index is 3080. The van der Waals surface area contributed by atoms with E-state index in [0.717, 1.165) is 15.7 Å². The molecule has 0 N–H and O–H groups in total. The molecule has 1 heterocycles. The van der Waals surface area contributed by atoms with E-state index in [0.29, 0.717) is 33.1 Å². The Hall–Kier alpha value is -6.38. The molecule has 0 aliphatic rings. The first-order valence-corrected chi connectivity index (χ1v) is 15.4. The van der Waals surface area contributed by atoms with Crippen molar-refractivity contribution in [2.24, 2.45) is 0 Å². The summed E-state index contributed by atoms with van der Waals surface area (Å²) in [4.78, 5) is 0.953. The monoisotopic (exact) mass is 625 g/mol. The first-order chi connectivity index (χ1) is 28.8. The van der Waals surface area contributed by atoms with Gasteiger partial charge in [0.25, 0.3) is 0 Å². The zero-order chi connectivity index (χ0) is 42.3. The van der Waals surface area contributed by atoms with Crippen molar-refractivity contribution in [2.75, 3.05) is 4.90 Å². The number of anilines is 3. The lowest BCUT2D eigenvalue weighted by Crippen LogP contribution is -2.11. The third-order valence-electron chi connectivity index (χ3n) is 8.32. The third kappa shape index (κ3) is 4.92. The van der Waals surface area contributed by atoms with Gasteiger partial charge in [-0.15, -0.1) is 0 Å². The molecule has 0 radical (unpaired) electrons. The number of para-hydroxylation sites is 1. The van der Waals surface area contributed by atoms with Gasteiger partial charge in [-0.1, -0.05) is 139 Å². The third-order valence-corrected chi connectivity index (χ3v) is 8.32. The molecule has 0 atom stereocenters. The molecule has 0 saturated carbocycles. The van der Waals surface area contributed by atoms with Crippen LogP contribution in [0.2, 0.25) is 0 Å². The van der Waals surface area contributed by atoms with Crippen LogP contribution < -0.4 is 4.90 Å². The van der Waals surface area contributed by atoms with Gasteiger partial charge in [-0.3, -0.25) is 0 Å². The lowest BCUT2D eigenvalue weighted by atomic mass is 9.96. The van der Waals surface area contributed by atoms with Crippen LogP contribution in [0.3, 0.4) is 0 Å². The van der Waals surface area contributed by atoms with Crippen LogP contribution in [0.1, 0.15) is 16.4 Å². The van der Waals surface area contributed by atoms with Gasteiger partial charge >= 0.3 is 0 Å². The minimum absolute atomic E-state index is 0.0367. The van der Waals surface area contributed by atoms with E-state index in [2.05, 4.69) is 0 Å². The Labute approximate surface area is 296 Å². The summed E-state index contributed by atoms with van der Waals surface area (Å²) in [6, 6.07) is 26.2. The number of rotatable bonds is 6. The van der Waals surface area contributed by atoms with Crippen LogP contribution in [0.15, 0.2) is 192 Å². The molecule has 8 aromatic carbocycles. The first-order valence-electron chi connectivity index (χ1n) is 21.4. The molecule has 0 unspecified atom stereocenters. The van der Waals surface area contributed by atoms with Crippen LogP contribution in [0.5, 0.6) is 0 Å². The zero-order valence-electron chi connectivity index (χ0n) is 37.3. The Morgan fingerprint density at radius 1 is 0.438 bits per heavy atom. The van der Waals surface area contributed by atoms with Gasteiger partial charge in [-0.25, -0.2) is 0 Å². The minimum atomic E-state index is -0.716. The van der Waals surface area contributed by atoms with Crippen molar-refractivity contribution in [1.29, 1.82) is 0 Å². The van der Waals surface area contributed by atoms with Crippen molar-refractivity contribution in [3.63, 3.8) is 0 Å². The summed E-state index contributed by atoms with van der Waals surface area (Å²) in [6.07, 6.45) is 0. The summed E-state index contributed by atoms with van der Waals surface area (Å²) in [5, 5.41) is 2.88. The van der Waals surface area contributed by atoms with E-state index in [-0.39, 0.29) is 22.3 Å². The summed E-state index contributed by atoms with van der Waals surface area (Å²) in [7, 11) is 0. The summed E-state index contributed by atoms with van der Waals surface area (Å²) in [5.74, 6) is 0. The van der Waals surface area contributed by atoms with E-state index in [9.17, 15) is 13.7 Å². The van der Waals surface area contributed by atoms with Gasteiger partial charge in [0.1, 0.15) is 11.2 Å². The van der Waals surface area contributed by atoms with E-state index in [1.807, 2.05) is 36.4 Å². The molecular weight excluding hydrogens is 583 g/mol. The topological polar surface area (TPSA) is 16.4 Å². The van der Waals surface area contributed by atoms with Crippen LogP contribution in [-0.4, -0.2) is 0 Å². The van der Waals surface area contributed by atoms with E-state index in [1.165, 1.54) is 0 Å². The lowest BCUT2D eigenvalue weighted by molar-refractivity contribution is 0.669. The average Bonchev–Trinajstić information content (AvgIpc) is 3.63. The maximum atomic E-state index is 9.56. The van der Waals surface area contributed by atoms with E-state index >= 15 is 0 Å². The number of furan rings is 1. The van der Waals surface area contributed by atoms with Gasteiger partial charge in [0.15, 0.2) is 0 Å². The van der Waals surface area contributed by atoms with E-state index in [4.69, 9.17) is 7.16 Å². The number of hydrogen-bond acceptors (Lipinski definition) is 2. The van der Waals surface area contributed by atoms with Gasteiger partial charge in [0, 0.05) is 27.7 Å². The van der Waals surface area contributed by atoms with Gasteiger partial charge in [-0.2, -0.15) is 0 Å². The number of hydrogen-bond donors (Lipinski definition) is 0. The average molecular weight is 626 g/mol. The van der Waals surface area contributed by atoms with Crippen LogP contribution in [-0.2, 0) is 0 Å². The minimum Gasteiger partial charge on any atom is -0.456 e. The summed E-state index contributed by atoms with van der Waals surface area (Å²) in [6.45, 7) is 0. The highest BCUT2D eigenvalue weighted by Gasteiger charge is 2.20. The van der Waals surface area contributed by atoms with Gasteiger partial charge < -0.3 is 9.32 Å². The molecule has 48 heavy (non-hydrogen) atoms. The number of nitrogens with zero attached hydrogens (tertiary/aromatic N) is 1. The Balaban J connectivity index is 1.46. The van der Waals surface area contributed by atoms with Crippen molar-refractivity contribution in [3.05, 3.63) is 188 Å². The summed E-state index contributed by atoms with van der Waals surface area (Å²) < 4.78 is 118. The van der Waals surface area contributed by atoms with Crippen LogP contribution >= 0.6 is 0 Å². The van der Waals surface area contributed by atoms with Crippen molar-refractivity contribution < 1.29 is 20.9 Å². The molecule has 9 aromatic rings. The fraction of sp³-hybridized carbons (Fsp3) is 0. The Kier molecular flexibility index (Phi) is 4.43. The molecule has 0 spiro atoms. The van der Waals surface area contributed by atoms with Crippen LogP contribution in [0.4, 0.5) is 17.1 Å². The molecular formula is C46H31NO. The molecule has 1 aromatic heterocycles. The molecule has 0 saturated heterocycles. The SMILES string of the molecule is [2H]c1c([2H])c([2H])c(N(c2c([2H])c([2H])c(-c3ccccc3)c([2H])c2[2H])c2c([2H])c([2H])c(-c3ccccc3)c([2H])c2[2H])c(-c2cccc3oc4cc5ccccc5cc4c23)c1[2H]. The molecule has 0 aliphatic heterocycles. The number of benzene rings is 8. The van der Waals surface area contributed by atoms with Crippen molar-refractivity contribution in [1.82, 2.24) is 0 Å². The Morgan fingerprint density at radius 2 is 1.00 bits per heavy atom. The fourth-order valence-corrected chi connectivity index (χ4v) is 6.06. The predicted octanol–water partition coefficient (Wildman–Crippen LogP) is 13.2. The van der Waals surface area contributed by atoms with Crippen LogP contribution in [0, 0.1) is 0 Å². The highest BCUT2D eigenvalue weighted by molar-refractivity contribution is 6.16. The normalized spacial score (nSPS) is 14.8. The van der Waals surface area contributed by atoms with Crippen molar-refractivity contribution in [2.45, 2.75) is 0 Å². The summed E-state index contributed by atoms with van der Waals surface area (Å²) in [5.41, 5.74) is 0.184. The highest BCUT2D eigenvalue weighted by Crippen LogP contribution is 2.45. The van der Waals surface area contributed by atoms with Gasteiger partial charge in [-0.05, 0) is 87.0 Å². The maximum Gasteiger partial charge on any atom is 0.136 e. The molecule has 2 nitrogen and oxygen atoms in total. The molecule has 0 bridgehead atoms. The van der Waals surface area contributed by atoms with Crippen LogP contribution in [0.25, 0.3) is 66.1 Å². The predicted molar refractivity (Wildman–Crippen MR) is 202 cm³/mol. The van der Waals surface area contributed by atoms with Gasteiger partial charge in [0.05, 0.1) is 22.1 Å². The quantitative estimate of drug-likeness (QED) is 0.183. The van der Waals surface area contributed by atoms with E-state index in [1.54, 1.807) is 78.9 Å². The molecule has 2 heteroatoms. The van der Waals surface area contributed by atoms with Crippen molar-refractivity contribution in [3.8, 4) is 33.4 Å². The number of fused-ring (bicyclic) bond motifs is 4. The second kappa shape index (κ2) is 11.8. The smallest absolute Gasteiger partial charge is 0.136 e. The van der Waals surface area contributed by atoms with Gasteiger partial charge in [0.2, 0.25) is 0 Å². The molecule has 0 fully saturated rings. The second-order valence-corrected chi connectivity index (χ2v) is 11.2.